The van der Waals surface area contributed by atoms with Crippen LogP contribution in [0, 0.1) is 11.3 Å². The molecule has 1 aromatic carbocycles. The highest BCUT2D eigenvalue weighted by molar-refractivity contribution is 7.16. The smallest absolute Gasteiger partial charge is 0.262 e. The number of likely N-dealkylation sites (N-methyl/N-ethyl adjacent to an activating group) is 1. The van der Waals surface area contributed by atoms with Crippen LogP contribution in [-0.4, -0.2) is 68.2 Å². The van der Waals surface area contributed by atoms with E-state index in [0.717, 1.165) is 51.9 Å². The molecule has 0 spiro atoms. The van der Waals surface area contributed by atoms with Gasteiger partial charge in [-0.1, -0.05) is 24.8 Å². The Morgan fingerprint density at radius 2 is 1.97 bits per heavy atom. The molecule has 0 atom stereocenters. The Kier molecular flexibility index (Phi) is 9.87. The summed E-state index contributed by atoms with van der Waals surface area (Å²) in [5, 5.41) is 14.6. The minimum absolute atomic E-state index is 0.0875. The van der Waals surface area contributed by atoms with Crippen LogP contribution in [0.4, 0.5) is 0 Å². The van der Waals surface area contributed by atoms with Gasteiger partial charge in [0.05, 0.1) is 0 Å². The van der Waals surface area contributed by atoms with Gasteiger partial charge in [-0.15, -0.1) is 11.3 Å². The molecule has 1 N–H and O–H groups in total. The fourth-order valence-electron chi connectivity index (χ4n) is 4.15. The normalized spacial score (nSPS) is 16.1. The Balaban J connectivity index is 1.77. The Morgan fingerprint density at radius 1 is 1.24 bits per heavy atom. The maximum Gasteiger partial charge on any atom is 0.262 e. The molecular weight excluding hydrogens is 480 g/mol. The molecule has 37 heavy (non-hydrogen) atoms. The monoisotopic (exact) mass is 518 g/mol. The van der Waals surface area contributed by atoms with Crippen molar-refractivity contribution in [2.45, 2.75) is 32.7 Å². The van der Waals surface area contributed by atoms with Crippen molar-refractivity contribution in [2.75, 3.05) is 46.9 Å². The number of hydrogen-bond donors (Lipinski definition) is 1. The van der Waals surface area contributed by atoms with Gasteiger partial charge in [0.1, 0.15) is 11.6 Å². The Bertz CT molecular complexity index is 1310. The molecule has 1 aliphatic heterocycles. The van der Waals surface area contributed by atoms with Gasteiger partial charge in [0.2, 0.25) is 0 Å². The van der Waals surface area contributed by atoms with Gasteiger partial charge < -0.3 is 19.9 Å². The third kappa shape index (κ3) is 7.90. The van der Waals surface area contributed by atoms with Crippen LogP contribution in [0.2, 0.25) is 0 Å². The summed E-state index contributed by atoms with van der Waals surface area (Å²) >= 11 is 1.55. The molecule has 6 nitrogen and oxygen atoms in total. The van der Waals surface area contributed by atoms with Crippen LogP contribution in [0.3, 0.4) is 0 Å². The molecule has 0 bridgehead atoms. The molecular formula is C30H38N4O2S. The van der Waals surface area contributed by atoms with E-state index in [1.165, 1.54) is 5.70 Å². The largest absolute Gasteiger partial charge is 0.385 e. The molecule has 196 valence electrons. The number of nitriles is 1. The van der Waals surface area contributed by atoms with Crippen LogP contribution >= 0.6 is 11.3 Å². The van der Waals surface area contributed by atoms with Crippen LogP contribution in [-0.2, 0) is 9.53 Å². The standard InChI is InChI=1S/C30H38N4O2S/c1-7-26(34-15-13-33(5)14-16-34)19-23-8-9-24(18-22(23)2)28-11-10-27(37-28)20-25(21-31)29(35)32-30(3,4)12-17-36-6/h7-11,18-20H,2,12-17H2,1,3-6H3,(H,32,35)/b23-19-,25-20+,26-7?. The van der Waals surface area contributed by atoms with Gasteiger partial charge in [-0.05, 0) is 80.6 Å². The first kappa shape index (κ1) is 28.4. The highest BCUT2D eigenvalue weighted by atomic mass is 32.1. The molecule has 2 heterocycles. The topological polar surface area (TPSA) is 68.6 Å². The van der Waals surface area contributed by atoms with Gasteiger partial charge in [0.25, 0.3) is 5.91 Å². The number of thiophene rings is 1. The second-order valence-electron chi connectivity index (χ2n) is 10.0. The van der Waals surface area contributed by atoms with E-state index in [9.17, 15) is 10.1 Å². The van der Waals surface area contributed by atoms with E-state index < -0.39 is 5.54 Å². The Labute approximate surface area is 224 Å². The minimum atomic E-state index is -0.468. The molecule has 1 aromatic heterocycles. The first-order chi connectivity index (χ1) is 17.7. The van der Waals surface area contributed by atoms with E-state index >= 15 is 0 Å². The summed E-state index contributed by atoms with van der Waals surface area (Å²) in [6, 6.07) is 12.3. The van der Waals surface area contributed by atoms with Gasteiger partial charge in [-0.25, -0.2) is 0 Å². The summed E-state index contributed by atoms with van der Waals surface area (Å²) in [5.74, 6) is -0.376. The fourth-order valence-corrected chi connectivity index (χ4v) is 5.10. The summed E-state index contributed by atoms with van der Waals surface area (Å²) in [5.41, 5.74) is 1.91. The number of benzene rings is 1. The summed E-state index contributed by atoms with van der Waals surface area (Å²) in [6.45, 7) is 14.9. The number of amides is 1. The molecule has 0 radical (unpaired) electrons. The molecule has 3 rings (SSSR count). The molecule has 0 saturated carbocycles. The van der Waals surface area contributed by atoms with Gasteiger partial charge in [-0.2, -0.15) is 5.26 Å². The van der Waals surface area contributed by atoms with Gasteiger partial charge in [0, 0.05) is 60.9 Å². The second kappa shape index (κ2) is 12.9. The van der Waals surface area contributed by atoms with E-state index in [1.807, 2.05) is 32.0 Å². The van der Waals surface area contributed by atoms with Crippen molar-refractivity contribution in [1.82, 2.24) is 15.1 Å². The van der Waals surface area contributed by atoms with Crippen LogP contribution < -0.4 is 15.8 Å². The van der Waals surface area contributed by atoms with E-state index in [2.05, 4.69) is 66.0 Å². The Hall–Kier alpha value is -3.18. The summed E-state index contributed by atoms with van der Waals surface area (Å²) < 4.78 is 5.12. The average molecular weight is 519 g/mol. The lowest BCUT2D eigenvalue weighted by atomic mass is 10.0. The number of hydrogen-bond acceptors (Lipinski definition) is 6. The lowest BCUT2D eigenvalue weighted by molar-refractivity contribution is -0.118. The van der Waals surface area contributed by atoms with Crippen molar-refractivity contribution in [3.8, 4) is 16.5 Å². The SMILES string of the molecule is C=c1cc(-c2ccc(/C=C(\C#N)C(=O)NC(C)(C)CCOC)s2)cc/c1=C/C(=CC)N1CCN(C)CC1. The number of nitrogens with zero attached hydrogens (tertiary/aromatic N) is 3. The number of methoxy groups -OCH3 is 1. The summed E-state index contributed by atoms with van der Waals surface area (Å²) in [4.78, 5) is 19.4. The molecule has 2 aromatic rings. The second-order valence-corrected chi connectivity index (χ2v) is 11.1. The van der Waals surface area contributed by atoms with Gasteiger partial charge >= 0.3 is 0 Å². The predicted octanol–water partition coefficient (Wildman–Crippen LogP) is 3.60. The quantitative estimate of drug-likeness (QED) is 0.406. The molecule has 0 aliphatic carbocycles. The maximum atomic E-state index is 12.7. The average Bonchev–Trinajstić information content (AvgIpc) is 3.34. The Morgan fingerprint density at radius 3 is 2.59 bits per heavy atom. The molecule has 1 fully saturated rings. The number of nitrogens with one attached hydrogen (secondary N) is 1. The first-order valence-corrected chi connectivity index (χ1v) is 13.4. The molecule has 1 amide bonds. The number of piperazine rings is 1. The number of rotatable bonds is 9. The maximum absolute atomic E-state index is 12.7. The zero-order valence-corrected chi connectivity index (χ0v) is 23.5. The minimum Gasteiger partial charge on any atom is -0.385 e. The number of ether oxygens (including phenoxy) is 1. The van der Waals surface area contributed by atoms with E-state index in [4.69, 9.17) is 4.74 Å². The van der Waals surface area contributed by atoms with E-state index in [-0.39, 0.29) is 11.5 Å². The lowest BCUT2D eigenvalue weighted by Gasteiger charge is -2.34. The van der Waals surface area contributed by atoms with Crippen molar-refractivity contribution in [3.05, 3.63) is 63.0 Å². The number of allylic oxidation sites excluding steroid dienone is 2. The van der Waals surface area contributed by atoms with Crippen LogP contribution in [0.15, 0.2) is 47.7 Å². The lowest BCUT2D eigenvalue weighted by Crippen LogP contribution is -2.44. The van der Waals surface area contributed by atoms with Crippen molar-refractivity contribution in [3.63, 3.8) is 0 Å². The van der Waals surface area contributed by atoms with Crippen LogP contribution in [0.1, 0.15) is 32.1 Å². The summed E-state index contributed by atoms with van der Waals surface area (Å²) in [6.07, 6.45) is 6.69. The van der Waals surface area contributed by atoms with Crippen molar-refractivity contribution in [1.29, 1.82) is 5.26 Å². The number of carbonyl (C=O) groups excluding carboxylic acids is 1. The van der Waals surface area contributed by atoms with E-state index in [0.29, 0.717) is 13.0 Å². The van der Waals surface area contributed by atoms with E-state index in [1.54, 1.807) is 24.5 Å². The molecule has 1 saturated heterocycles. The highest BCUT2D eigenvalue weighted by Gasteiger charge is 2.22. The van der Waals surface area contributed by atoms with Crippen molar-refractivity contribution < 1.29 is 9.53 Å². The third-order valence-electron chi connectivity index (χ3n) is 6.56. The van der Waals surface area contributed by atoms with Gasteiger partial charge in [-0.3, -0.25) is 4.79 Å². The fraction of sp³-hybridized carbons (Fsp3) is 0.400. The molecule has 0 unspecified atom stereocenters. The zero-order valence-electron chi connectivity index (χ0n) is 22.6. The summed E-state index contributed by atoms with van der Waals surface area (Å²) in [7, 11) is 3.79. The zero-order chi connectivity index (χ0) is 27.0. The van der Waals surface area contributed by atoms with Crippen molar-refractivity contribution in [2.24, 2.45) is 0 Å². The van der Waals surface area contributed by atoms with Crippen molar-refractivity contribution >= 4 is 36.0 Å². The first-order valence-electron chi connectivity index (χ1n) is 12.6. The predicted molar refractivity (Wildman–Crippen MR) is 154 cm³/mol. The molecule has 7 heteroatoms. The number of carbonyl (C=O) groups is 1. The van der Waals surface area contributed by atoms with Crippen LogP contribution in [0.25, 0.3) is 29.2 Å². The highest BCUT2D eigenvalue weighted by Crippen LogP contribution is 2.28. The van der Waals surface area contributed by atoms with Gasteiger partial charge in [0.15, 0.2) is 0 Å². The molecule has 1 aliphatic rings. The third-order valence-corrected chi connectivity index (χ3v) is 7.64. The van der Waals surface area contributed by atoms with Crippen LogP contribution in [0.5, 0.6) is 0 Å².